The first-order chi connectivity index (χ1) is 13.9. The number of fused-ring (bicyclic) bond motifs is 1. The topological polar surface area (TPSA) is 59.4 Å². The third-order valence-corrected chi connectivity index (χ3v) is 7.27. The number of carbonyl (C=O) groups is 1. The summed E-state index contributed by atoms with van der Waals surface area (Å²) in [7, 11) is -3.89. The zero-order valence-electron chi connectivity index (χ0n) is 15.6. The number of sulfone groups is 1. The van der Waals surface area contributed by atoms with Crippen molar-refractivity contribution in [3.8, 4) is 0 Å². The second-order valence-corrected chi connectivity index (χ2v) is 9.55. The van der Waals surface area contributed by atoms with Gasteiger partial charge in [-0.25, -0.2) is 12.8 Å². The van der Waals surface area contributed by atoms with E-state index in [0.29, 0.717) is 10.9 Å². The van der Waals surface area contributed by atoms with Crippen molar-refractivity contribution in [2.45, 2.75) is 30.0 Å². The molecule has 0 aliphatic carbocycles. The third-order valence-electron chi connectivity index (χ3n) is 5.25. The van der Waals surface area contributed by atoms with Crippen molar-refractivity contribution in [1.29, 1.82) is 0 Å². The molecule has 1 aliphatic heterocycles. The van der Waals surface area contributed by atoms with Gasteiger partial charge < -0.3 is 9.47 Å². The highest BCUT2D eigenvalue weighted by molar-refractivity contribution is 7.90. The zero-order valence-corrected chi connectivity index (χ0v) is 17.2. The molecule has 0 radical (unpaired) electrons. The van der Waals surface area contributed by atoms with Gasteiger partial charge in [0.2, 0.25) is 5.91 Å². The van der Waals surface area contributed by atoms with Crippen LogP contribution in [0.1, 0.15) is 18.4 Å². The molecule has 1 saturated heterocycles. The van der Waals surface area contributed by atoms with Crippen LogP contribution in [0.4, 0.5) is 4.39 Å². The second-order valence-electron chi connectivity index (χ2n) is 7.19. The minimum Gasteiger partial charge on any atom is -0.341 e. The molecule has 0 saturated carbocycles. The van der Waals surface area contributed by atoms with Crippen LogP contribution in [-0.4, -0.2) is 36.9 Å². The van der Waals surface area contributed by atoms with Gasteiger partial charge in [-0.3, -0.25) is 4.79 Å². The SMILES string of the molecule is O=C(Cn1cc(S(=O)(=O)Cc2c(F)cccc2Cl)c2ccccc21)N1CCCC1. The van der Waals surface area contributed by atoms with Gasteiger partial charge in [-0.15, -0.1) is 0 Å². The Morgan fingerprint density at radius 2 is 1.79 bits per heavy atom. The molecule has 152 valence electrons. The molecule has 1 aliphatic rings. The highest BCUT2D eigenvalue weighted by Gasteiger charge is 2.26. The predicted molar refractivity (Wildman–Crippen MR) is 110 cm³/mol. The molecule has 5 nitrogen and oxygen atoms in total. The molecule has 1 amide bonds. The molecule has 0 spiro atoms. The number of aromatic nitrogens is 1. The molecule has 2 aromatic carbocycles. The van der Waals surface area contributed by atoms with Gasteiger partial charge in [-0.2, -0.15) is 0 Å². The largest absolute Gasteiger partial charge is 0.341 e. The Kier molecular flexibility index (Phi) is 5.36. The van der Waals surface area contributed by atoms with Crippen LogP contribution >= 0.6 is 11.6 Å². The van der Waals surface area contributed by atoms with Gasteiger partial charge in [0, 0.05) is 40.8 Å². The van der Waals surface area contributed by atoms with Crippen molar-refractivity contribution >= 4 is 38.2 Å². The maximum absolute atomic E-state index is 14.2. The number of likely N-dealkylation sites (tertiary alicyclic amines) is 1. The normalized spacial score (nSPS) is 14.6. The first kappa shape index (κ1) is 19.9. The predicted octanol–water partition coefficient (Wildman–Crippen LogP) is 4.03. The number of rotatable bonds is 5. The molecule has 2 heterocycles. The molecule has 29 heavy (non-hydrogen) atoms. The third kappa shape index (κ3) is 3.89. The number of nitrogens with zero attached hydrogens (tertiary/aromatic N) is 2. The highest BCUT2D eigenvalue weighted by Crippen LogP contribution is 2.30. The summed E-state index contributed by atoms with van der Waals surface area (Å²) in [4.78, 5) is 14.5. The fourth-order valence-corrected chi connectivity index (χ4v) is 5.68. The van der Waals surface area contributed by atoms with Gasteiger partial charge in [-0.05, 0) is 31.0 Å². The standard InChI is InChI=1S/C21H20ClFN2O3S/c22-17-7-5-8-18(23)16(17)14-29(27,28)20-12-25(19-9-2-1-6-15(19)20)13-21(26)24-10-3-4-11-24/h1-2,5-9,12H,3-4,10-11,13-14H2. The van der Waals surface area contributed by atoms with E-state index in [9.17, 15) is 17.6 Å². The van der Waals surface area contributed by atoms with E-state index < -0.39 is 21.4 Å². The first-order valence-corrected chi connectivity index (χ1v) is 11.4. The van der Waals surface area contributed by atoms with Crippen LogP contribution in [0.25, 0.3) is 10.9 Å². The Balaban J connectivity index is 1.73. The quantitative estimate of drug-likeness (QED) is 0.609. The summed E-state index contributed by atoms with van der Waals surface area (Å²) in [5.74, 6) is -1.24. The summed E-state index contributed by atoms with van der Waals surface area (Å²) >= 11 is 6.03. The Bertz CT molecular complexity index is 1160. The van der Waals surface area contributed by atoms with Gasteiger partial charge in [0.05, 0.1) is 10.6 Å². The molecule has 1 aromatic heterocycles. The Hall–Kier alpha value is -2.38. The molecule has 8 heteroatoms. The van der Waals surface area contributed by atoms with Gasteiger partial charge in [0.15, 0.2) is 9.84 Å². The second kappa shape index (κ2) is 7.80. The van der Waals surface area contributed by atoms with Crippen molar-refractivity contribution in [1.82, 2.24) is 9.47 Å². The lowest BCUT2D eigenvalue weighted by Gasteiger charge is -2.15. The van der Waals surface area contributed by atoms with E-state index in [4.69, 9.17) is 11.6 Å². The fourth-order valence-electron chi connectivity index (χ4n) is 3.74. The van der Waals surface area contributed by atoms with Crippen LogP contribution < -0.4 is 0 Å². The van der Waals surface area contributed by atoms with Crippen LogP contribution in [0, 0.1) is 5.82 Å². The van der Waals surface area contributed by atoms with Crippen LogP contribution in [-0.2, 0) is 26.9 Å². The smallest absolute Gasteiger partial charge is 0.242 e. The van der Waals surface area contributed by atoms with Crippen LogP contribution in [0.5, 0.6) is 0 Å². The van der Waals surface area contributed by atoms with Crippen molar-refractivity contribution < 1.29 is 17.6 Å². The van der Waals surface area contributed by atoms with E-state index in [-0.39, 0.29) is 27.9 Å². The van der Waals surface area contributed by atoms with Crippen LogP contribution in [0.2, 0.25) is 5.02 Å². The average Bonchev–Trinajstić information content (AvgIpc) is 3.34. The zero-order chi connectivity index (χ0) is 20.6. The van der Waals surface area contributed by atoms with Gasteiger partial charge in [-0.1, -0.05) is 35.9 Å². The van der Waals surface area contributed by atoms with E-state index in [2.05, 4.69) is 0 Å². The van der Waals surface area contributed by atoms with Gasteiger partial charge in [0.25, 0.3) is 0 Å². The van der Waals surface area contributed by atoms with E-state index in [1.165, 1.54) is 24.4 Å². The van der Waals surface area contributed by atoms with E-state index in [1.807, 2.05) is 0 Å². The lowest BCUT2D eigenvalue weighted by atomic mass is 10.2. The molecular weight excluding hydrogens is 415 g/mol. The van der Waals surface area contributed by atoms with Crippen molar-refractivity contribution in [2.75, 3.05) is 13.1 Å². The monoisotopic (exact) mass is 434 g/mol. The van der Waals surface area contributed by atoms with Gasteiger partial charge >= 0.3 is 0 Å². The molecule has 4 rings (SSSR count). The van der Waals surface area contributed by atoms with Crippen molar-refractivity contribution in [3.05, 3.63) is 65.1 Å². The summed E-state index contributed by atoms with van der Waals surface area (Å²) in [5.41, 5.74) is 0.595. The number of hydrogen-bond acceptors (Lipinski definition) is 3. The number of halogens is 2. The molecule has 3 aromatic rings. The first-order valence-electron chi connectivity index (χ1n) is 9.38. The van der Waals surface area contributed by atoms with Gasteiger partial charge in [0.1, 0.15) is 12.4 Å². The van der Waals surface area contributed by atoms with Crippen molar-refractivity contribution in [3.63, 3.8) is 0 Å². The molecule has 0 unspecified atom stereocenters. The highest BCUT2D eigenvalue weighted by atomic mass is 35.5. The number of carbonyl (C=O) groups excluding carboxylic acids is 1. The fraction of sp³-hybridized carbons (Fsp3) is 0.286. The lowest BCUT2D eigenvalue weighted by Crippen LogP contribution is -2.30. The maximum atomic E-state index is 14.2. The lowest BCUT2D eigenvalue weighted by molar-refractivity contribution is -0.130. The molecule has 0 bridgehead atoms. The summed E-state index contributed by atoms with van der Waals surface area (Å²) in [6.07, 6.45) is 3.45. The number of para-hydroxylation sites is 1. The number of hydrogen-bond donors (Lipinski definition) is 0. The summed E-state index contributed by atoms with van der Waals surface area (Å²) in [6.45, 7) is 1.53. The maximum Gasteiger partial charge on any atom is 0.242 e. The molecule has 0 N–H and O–H groups in total. The molecular formula is C21H20ClFN2O3S. The minimum absolute atomic E-state index is 0.0376. The molecule has 0 atom stereocenters. The molecule has 1 fully saturated rings. The summed E-state index contributed by atoms with van der Waals surface area (Å²) < 4.78 is 42.1. The Morgan fingerprint density at radius 1 is 1.07 bits per heavy atom. The Morgan fingerprint density at radius 3 is 2.52 bits per heavy atom. The van der Waals surface area contributed by atoms with Crippen LogP contribution in [0.3, 0.4) is 0 Å². The van der Waals surface area contributed by atoms with Crippen LogP contribution in [0.15, 0.2) is 53.6 Å². The average molecular weight is 435 g/mol. The number of benzene rings is 2. The summed E-state index contributed by atoms with van der Waals surface area (Å²) in [5, 5.41) is 0.579. The van der Waals surface area contributed by atoms with E-state index in [0.717, 1.165) is 25.9 Å². The minimum atomic E-state index is -3.89. The number of amides is 1. The van der Waals surface area contributed by atoms with E-state index >= 15 is 0 Å². The van der Waals surface area contributed by atoms with E-state index in [1.54, 1.807) is 33.7 Å². The van der Waals surface area contributed by atoms with Crippen molar-refractivity contribution in [2.24, 2.45) is 0 Å². The Labute approximate surface area is 173 Å². The summed E-state index contributed by atoms with van der Waals surface area (Å²) in [6, 6.07) is 11.1.